The van der Waals surface area contributed by atoms with Crippen molar-refractivity contribution in [3.8, 4) is 28.5 Å². The monoisotopic (exact) mass is 340 g/mol. The summed E-state index contributed by atoms with van der Waals surface area (Å²) in [4.78, 5) is 8.74. The van der Waals surface area contributed by atoms with E-state index in [9.17, 15) is 5.11 Å². The number of aliphatic imine (C=N–C) groups is 1. The highest BCUT2D eigenvalue weighted by molar-refractivity contribution is 5.85. The zero-order chi connectivity index (χ0) is 17.8. The molecule has 0 unspecified atom stereocenters. The molecule has 0 saturated heterocycles. The van der Waals surface area contributed by atoms with E-state index in [1.54, 1.807) is 24.5 Å². The molecule has 1 N–H and O–H groups in total. The first kappa shape index (κ1) is 15.8. The van der Waals surface area contributed by atoms with Crippen LogP contribution in [0.25, 0.3) is 22.8 Å². The van der Waals surface area contributed by atoms with Crippen molar-refractivity contribution in [2.45, 2.75) is 0 Å². The summed E-state index contributed by atoms with van der Waals surface area (Å²) in [5.74, 6) is 1.52. The summed E-state index contributed by atoms with van der Waals surface area (Å²) in [7, 11) is 0. The van der Waals surface area contributed by atoms with Crippen LogP contribution in [0, 0.1) is 0 Å². The summed E-state index contributed by atoms with van der Waals surface area (Å²) in [5.41, 5.74) is 3.35. The minimum absolute atomic E-state index is 0.211. The van der Waals surface area contributed by atoms with E-state index in [-0.39, 0.29) is 5.75 Å². The number of para-hydroxylation sites is 1. The van der Waals surface area contributed by atoms with E-state index >= 15 is 0 Å². The third kappa shape index (κ3) is 3.39. The van der Waals surface area contributed by atoms with Crippen molar-refractivity contribution < 1.29 is 9.52 Å². The van der Waals surface area contributed by atoms with Crippen molar-refractivity contribution in [3.05, 3.63) is 90.6 Å². The summed E-state index contributed by atoms with van der Waals surface area (Å²) in [6.07, 6.45) is 3.37. The highest BCUT2D eigenvalue weighted by Gasteiger charge is 2.08. The van der Waals surface area contributed by atoms with Crippen LogP contribution >= 0.6 is 0 Å². The first-order valence-corrected chi connectivity index (χ1v) is 8.23. The quantitative estimate of drug-likeness (QED) is 0.502. The van der Waals surface area contributed by atoms with Crippen LogP contribution in [-0.4, -0.2) is 16.3 Å². The van der Waals surface area contributed by atoms with Crippen molar-refractivity contribution >= 4 is 11.9 Å². The zero-order valence-electron chi connectivity index (χ0n) is 13.9. The van der Waals surface area contributed by atoms with Crippen LogP contribution in [0.1, 0.15) is 5.56 Å². The molecule has 0 saturated carbocycles. The molecule has 4 aromatic rings. The van der Waals surface area contributed by atoms with Gasteiger partial charge in [0.15, 0.2) is 5.76 Å². The lowest BCUT2D eigenvalue weighted by Crippen LogP contribution is -1.80. The van der Waals surface area contributed by atoms with Crippen LogP contribution < -0.4 is 0 Å². The Bertz CT molecular complexity index is 1040. The lowest BCUT2D eigenvalue weighted by Gasteiger charge is -1.99. The average molecular weight is 340 g/mol. The first-order chi connectivity index (χ1) is 12.8. The fourth-order valence-electron chi connectivity index (χ4n) is 2.57. The molecule has 126 valence electrons. The summed E-state index contributed by atoms with van der Waals surface area (Å²) >= 11 is 0. The van der Waals surface area contributed by atoms with Crippen LogP contribution in [0.5, 0.6) is 5.75 Å². The number of hydrogen-bond acceptors (Lipinski definition) is 4. The molecule has 4 heteroatoms. The molecule has 3 aromatic carbocycles. The van der Waals surface area contributed by atoms with Crippen LogP contribution in [0.15, 0.2) is 94.5 Å². The Morgan fingerprint density at radius 2 is 1.54 bits per heavy atom. The third-order valence-corrected chi connectivity index (χ3v) is 3.97. The maximum absolute atomic E-state index is 9.77. The lowest BCUT2D eigenvalue weighted by molar-refractivity contribution is 0.474. The molecule has 0 fully saturated rings. The van der Waals surface area contributed by atoms with Gasteiger partial charge in [-0.2, -0.15) is 0 Å². The Morgan fingerprint density at radius 3 is 2.31 bits per heavy atom. The number of aromatic hydroxyl groups is 1. The van der Waals surface area contributed by atoms with Gasteiger partial charge in [-0.1, -0.05) is 30.3 Å². The highest BCUT2D eigenvalue weighted by atomic mass is 16.4. The second kappa shape index (κ2) is 7.07. The van der Waals surface area contributed by atoms with Crippen molar-refractivity contribution in [2.24, 2.45) is 4.99 Å². The van der Waals surface area contributed by atoms with Gasteiger partial charge in [-0.05, 0) is 48.5 Å². The van der Waals surface area contributed by atoms with E-state index in [0.717, 1.165) is 16.8 Å². The summed E-state index contributed by atoms with van der Waals surface area (Å²) in [5, 5.41) is 9.77. The number of phenols is 1. The minimum atomic E-state index is 0.211. The van der Waals surface area contributed by atoms with Gasteiger partial charge in [-0.25, -0.2) is 4.98 Å². The molecule has 26 heavy (non-hydrogen) atoms. The van der Waals surface area contributed by atoms with Gasteiger partial charge in [0.25, 0.3) is 0 Å². The first-order valence-electron chi connectivity index (χ1n) is 8.23. The van der Waals surface area contributed by atoms with Crippen molar-refractivity contribution in [2.75, 3.05) is 0 Å². The van der Waals surface area contributed by atoms with Crippen molar-refractivity contribution in [1.29, 1.82) is 0 Å². The molecule has 0 radical (unpaired) electrons. The van der Waals surface area contributed by atoms with Gasteiger partial charge in [0.2, 0.25) is 5.89 Å². The van der Waals surface area contributed by atoms with Crippen LogP contribution in [-0.2, 0) is 0 Å². The molecule has 0 amide bonds. The molecule has 0 bridgehead atoms. The fourth-order valence-corrected chi connectivity index (χ4v) is 2.57. The van der Waals surface area contributed by atoms with Gasteiger partial charge >= 0.3 is 0 Å². The van der Waals surface area contributed by atoms with Gasteiger partial charge in [0.05, 0.1) is 11.9 Å². The number of nitrogens with zero attached hydrogens (tertiary/aromatic N) is 2. The maximum atomic E-state index is 9.77. The number of benzene rings is 3. The standard InChI is InChI=1S/C22H16N2O2/c25-20-9-5-4-8-18(20)14-23-19-12-10-16(11-13-19)21-15-24-22(26-21)17-6-2-1-3-7-17/h1-15,25H. The smallest absolute Gasteiger partial charge is 0.226 e. The van der Waals surface area contributed by atoms with E-state index < -0.39 is 0 Å². The SMILES string of the molecule is Oc1ccccc1C=Nc1ccc(-c2cnc(-c3ccccc3)o2)cc1. The molecular weight excluding hydrogens is 324 g/mol. The second-order valence-corrected chi connectivity index (χ2v) is 5.76. The van der Waals surface area contributed by atoms with E-state index in [2.05, 4.69) is 9.98 Å². The fraction of sp³-hybridized carbons (Fsp3) is 0. The predicted molar refractivity (Wildman–Crippen MR) is 103 cm³/mol. The van der Waals surface area contributed by atoms with Crippen LogP contribution in [0.3, 0.4) is 0 Å². The van der Waals surface area contributed by atoms with Gasteiger partial charge in [0, 0.05) is 22.9 Å². The van der Waals surface area contributed by atoms with E-state index in [1.807, 2.05) is 66.7 Å². The largest absolute Gasteiger partial charge is 0.507 e. The second-order valence-electron chi connectivity index (χ2n) is 5.76. The normalized spacial score (nSPS) is 11.1. The Labute approximate surface area is 151 Å². The van der Waals surface area contributed by atoms with E-state index in [4.69, 9.17) is 4.42 Å². The molecule has 0 spiro atoms. The van der Waals surface area contributed by atoms with Crippen LogP contribution in [0.4, 0.5) is 5.69 Å². The van der Waals surface area contributed by atoms with E-state index in [0.29, 0.717) is 17.2 Å². The highest BCUT2D eigenvalue weighted by Crippen LogP contribution is 2.27. The third-order valence-electron chi connectivity index (χ3n) is 3.97. The van der Waals surface area contributed by atoms with Crippen molar-refractivity contribution in [1.82, 2.24) is 4.98 Å². The molecule has 0 aliphatic carbocycles. The molecule has 0 aliphatic heterocycles. The summed E-state index contributed by atoms with van der Waals surface area (Å²) < 4.78 is 5.86. The molecular formula is C22H16N2O2. The number of hydrogen-bond donors (Lipinski definition) is 1. The Hall–Kier alpha value is -3.66. The van der Waals surface area contributed by atoms with Gasteiger partial charge < -0.3 is 9.52 Å². The molecule has 4 nitrogen and oxygen atoms in total. The van der Waals surface area contributed by atoms with Gasteiger partial charge in [0.1, 0.15) is 5.75 Å². The van der Waals surface area contributed by atoms with Gasteiger partial charge in [-0.15, -0.1) is 0 Å². The Balaban J connectivity index is 1.53. The van der Waals surface area contributed by atoms with Crippen LogP contribution in [0.2, 0.25) is 0 Å². The van der Waals surface area contributed by atoms with Crippen molar-refractivity contribution in [3.63, 3.8) is 0 Å². The topological polar surface area (TPSA) is 58.6 Å². The van der Waals surface area contributed by atoms with Gasteiger partial charge in [-0.3, -0.25) is 4.99 Å². The number of aromatic nitrogens is 1. The Morgan fingerprint density at radius 1 is 0.808 bits per heavy atom. The lowest BCUT2D eigenvalue weighted by atomic mass is 10.1. The number of phenolic OH excluding ortho intramolecular Hbond substituents is 1. The number of rotatable bonds is 4. The molecule has 0 aliphatic rings. The molecule has 4 rings (SSSR count). The molecule has 1 heterocycles. The maximum Gasteiger partial charge on any atom is 0.226 e. The predicted octanol–water partition coefficient (Wildman–Crippen LogP) is 5.46. The van der Waals surface area contributed by atoms with E-state index in [1.165, 1.54) is 0 Å². The molecule has 1 aromatic heterocycles. The summed E-state index contributed by atoms with van der Waals surface area (Å²) in [6.45, 7) is 0. The average Bonchev–Trinajstić information content (AvgIpc) is 3.19. The molecule has 0 atom stereocenters. The Kier molecular flexibility index (Phi) is 4.31. The summed E-state index contributed by atoms with van der Waals surface area (Å²) in [6, 6.07) is 24.6. The minimum Gasteiger partial charge on any atom is -0.507 e. The zero-order valence-corrected chi connectivity index (χ0v) is 13.9. The number of oxazole rings is 1.